The zero-order valence-electron chi connectivity index (χ0n) is 17.6. The van der Waals surface area contributed by atoms with Gasteiger partial charge in [0.1, 0.15) is 5.82 Å². The van der Waals surface area contributed by atoms with Crippen molar-refractivity contribution in [1.29, 1.82) is 0 Å². The van der Waals surface area contributed by atoms with Crippen LogP contribution in [-0.4, -0.2) is 71.4 Å². The number of rotatable bonds is 8. The van der Waals surface area contributed by atoms with Crippen LogP contribution in [0.15, 0.2) is 36.4 Å². The number of hydrogen-bond acceptors (Lipinski definition) is 6. The van der Waals surface area contributed by atoms with Crippen molar-refractivity contribution < 1.29 is 23.4 Å². The van der Waals surface area contributed by atoms with Gasteiger partial charge < -0.3 is 24.4 Å². The van der Waals surface area contributed by atoms with E-state index in [1.165, 1.54) is 33.5 Å². The summed E-state index contributed by atoms with van der Waals surface area (Å²) in [5.74, 6) is 0.924. The van der Waals surface area contributed by atoms with Gasteiger partial charge in [-0.1, -0.05) is 0 Å². The van der Waals surface area contributed by atoms with Gasteiger partial charge in [-0.3, -0.25) is 9.69 Å². The third-order valence-corrected chi connectivity index (χ3v) is 5.20. The maximum absolute atomic E-state index is 13.1. The molecule has 0 aliphatic carbocycles. The Bertz CT molecular complexity index is 827. The van der Waals surface area contributed by atoms with E-state index in [1.807, 2.05) is 12.1 Å². The lowest BCUT2D eigenvalue weighted by atomic mass is 10.1. The molecule has 0 radical (unpaired) electrons. The van der Waals surface area contributed by atoms with Crippen LogP contribution in [0.3, 0.4) is 0 Å². The number of nitrogens with zero attached hydrogens (tertiary/aromatic N) is 2. The van der Waals surface area contributed by atoms with Gasteiger partial charge in [0.2, 0.25) is 5.75 Å². The van der Waals surface area contributed by atoms with Gasteiger partial charge in [0, 0.05) is 50.5 Å². The summed E-state index contributed by atoms with van der Waals surface area (Å²) >= 11 is 0. The third-order valence-electron chi connectivity index (χ3n) is 5.20. The number of amides is 1. The average Bonchev–Trinajstić information content (AvgIpc) is 2.79. The molecule has 1 N–H and O–H groups in total. The molecule has 1 heterocycles. The Morgan fingerprint density at radius 2 is 1.57 bits per heavy atom. The van der Waals surface area contributed by atoms with E-state index in [-0.39, 0.29) is 11.7 Å². The minimum absolute atomic E-state index is 0.195. The molecule has 1 aliphatic heterocycles. The Labute approximate surface area is 176 Å². The van der Waals surface area contributed by atoms with Gasteiger partial charge in [-0.2, -0.15) is 0 Å². The molecule has 0 aromatic heterocycles. The summed E-state index contributed by atoms with van der Waals surface area (Å²) in [6.07, 6.45) is 0. The highest BCUT2D eigenvalue weighted by Crippen LogP contribution is 2.38. The molecule has 0 saturated carbocycles. The van der Waals surface area contributed by atoms with Crippen molar-refractivity contribution in [1.82, 2.24) is 10.2 Å². The highest BCUT2D eigenvalue weighted by Gasteiger charge is 2.19. The lowest BCUT2D eigenvalue weighted by Crippen LogP contribution is -2.48. The molecular formula is C22H28FN3O4. The van der Waals surface area contributed by atoms with Crippen molar-refractivity contribution in [2.45, 2.75) is 0 Å². The van der Waals surface area contributed by atoms with Crippen molar-refractivity contribution in [2.24, 2.45) is 0 Å². The molecule has 162 valence electrons. The molecule has 30 heavy (non-hydrogen) atoms. The number of methoxy groups -OCH3 is 3. The molecule has 2 aromatic carbocycles. The number of carbonyl (C=O) groups is 1. The zero-order chi connectivity index (χ0) is 21.5. The van der Waals surface area contributed by atoms with Crippen LogP contribution in [0.2, 0.25) is 0 Å². The van der Waals surface area contributed by atoms with Crippen molar-refractivity contribution in [3.05, 3.63) is 47.8 Å². The van der Waals surface area contributed by atoms with Crippen molar-refractivity contribution in [3.8, 4) is 17.2 Å². The Morgan fingerprint density at radius 1 is 0.967 bits per heavy atom. The van der Waals surface area contributed by atoms with Gasteiger partial charge in [0.15, 0.2) is 11.5 Å². The van der Waals surface area contributed by atoms with Gasteiger partial charge in [-0.25, -0.2) is 4.39 Å². The molecular weight excluding hydrogens is 389 g/mol. The summed E-state index contributed by atoms with van der Waals surface area (Å²) in [5.41, 5.74) is 1.48. The standard InChI is InChI=1S/C22H28FN3O4/c1-28-19-14-16(15-20(29-2)21(19)30-3)22(27)24-8-9-25-10-12-26(13-11-25)18-6-4-17(23)5-7-18/h4-7,14-15H,8-13H2,1-3H3,(H,24,27). The monoisotopic (exact) mass is 417 g/mol. The van der Waals surface area contributed by atoms with E-state index in [0.29, 0.717) is 29.4 Å². The third kappa shape index (κ3) is 5.13. The second-order valence-corrected chi connectivity index (χ2v) is 6.98. The van der Waals surface area contributed by atoms with Crippen molar-refractivity contribution in [3.63, 3.8) is 0 Å². The molecule has 1 aliphatic rings. The number of carbonyl (C=O) groups excluding carboxylic acids is 1. The fourth-order valence-electron chi connectivity index (χ4n) is 3.52. The van der Waals surface area contributed by atoms with Crippen LogP contribution in [0, 0.1) is 5.82 Å². The van der Waals surface area contributed by atoms with Gasteiger partial charge in [-0.15, -0.1) is 0 Å². The van der Waals surface area contributed by atoms with E-state index < -0.39 is 0 Å². The van der Waals surface area contributed by atoms with Gasteiger partial charge in [-0.05, 0) is 36.4 Å². The van der Waals surface area contributed by atoms with Crippen molar-refractivity contribution in [2.75, 3.05) is 65.5 Å². The highest BCUT2D eigenvalue weighted by molar-refractivity contribution is 5.95. The van der Waals surface area contributed by atoms with Crippen LogP contribution in [0.25, 0.3) is 0 Å². The Kier molecular flexibility index (Phi) is 7.35. The van der Waals surface area contributed by atoms with Gasteiger partial charge in [0.25, 0.3) is 5.91 Å². The Morgan fingerprint density at radius 3 is 2.10 bits per heavy atom. The van der Waals surface area contributed by atoms with Gasteiger partial charge in [0.05, 0.1) is 21.3 Å². The van der Waals surface area contributed by atoms with E-state index in [9.17, 15) is 9.18 Å². The minimum Gasteiger partial charge on any atom is -0.493 e. The van der Waals surface area contributed by atoms with Crippen molar-refractivity contribution >= 4 is 11.6 Å². The van der Waals surface area contributed by atoms with E-state index in [2.05, 4.69) is 15.1 Å². The molecule has 7 nitrogen and oxygen atoms in total. The summed E-state index contributed by atoms with van der Waals surface area (Å²) < 4.78 is 29.0. The van der Waals surface area contributed by atoms with Crippen LogP contribution in [0.4, 0.5) is 10.1 Å². The molecule has 0 bridgehead atoms. The first-order chi connectivity index (χ1) is 14.5. The molecule has 3 rings (SSSR count). The molecule has 1 saturated heterocycles. The second kappa shape index (κ2) is 10.2. The molecule has 2 aromatic rings. The topological polar surface area (TPSA) is 63.3 Å². The smallest absolute Gasteiger partial charge is 0.251 e. The first-order valence-corrected chi connectivity index (χ1v) is 9.86. The number of piperazine rings is 1. The zero-order valence-corrected chi connectivity index (χ0v) is 17.6. The first kappa shape index (κ1) is 21.7. The average molecular weight is 417 g/mol. The molecule has 0 unspecified atom stereocenters. The highest BCUT2D eigenvalue weighted by atomic mass is 19.1. The molecule has 1 amide bonds. The number of anilines is 1. The summed E-state index contributed by atoms with van der Waals surface area (Å²) in [5, 5.41) is 2.95. The van der Waals surface area contributed by atoms with E-state index in [0.717, 1.165) is 38.4 Å². The number of hydrogen-bond donors (Lipinski definition) is 1. The number of halogens is 1. The number of ether oxygens (including phenoxy) is 3. The van der Waals surface area contributed by atoms with E-state index in [1.54, 1.807) is 12.1 Å². The molecule has 0 spiro atoms. The van der Waals surface area contributed by atoms with E-state index in [4.69, 9.17) is 14.2 Å². The van der Waals surface area contributed by atoms with Gasteiger partial charge >= 0.3 is 0 Å². The predicted octanol–water partition coefficient (Wildman–Crippen LogP) is 2.40. The van der Waals surface area contributed by atoms with Crippen LogP contribution < -0.4 is 24.4 Å². The van der Waals surface area contributed by atoms with Crippen LogP contribution >= 0.6 is 0 Å². The second-order valence-electron chi connectivity index (χ2n) is 6.98. The summed E-state index contributed by atoms with van der Waals surface area (Å²) in [4.78, 5) is 17.1. The summed E-state index contributed by atoms with van der Waals surface area (Å²) in [6.45, 7) is 4.80. The summed E-state index contributed by atoms with van der Waals surface area (Å²) in [6, 6.07) is 9.86. The molecule has 0 atom stereocenters. The minimum atomic E-state index is -0.222. The van der Waals surface area contributed by atoms with Crippen LogP contribution in [0.1, 0.15) is 10.4 Å². The first-order valence-electron chi connectivity index (χ1n) is 9.86. The normalized spacial score (nSPS) is 14.3. The number of benzene rings is 2. The maximum atomic E-state index is 13.1. The quantitative estimate of drug-likeness (QED) is 0.712. The summed E-state index contributed by atoms with van der Waals surface area (Å²) in [7, 11) is 4.56. The molecule has 8 heteroatoms. The molecule has 1 fully saturated rings. The Hall–Kier alpha value is -3.00. The van der Waals surface area contributed by atoms with Crippen LogP contribution in [0.5, 0.6) is 17.2 Å². The largest absolute Gasteiger partial charge is 0.493 e. The maximum Gasteiger partial charge on any atom is 0.251 e. The SMILES string of the molecule is COc1cc(C(=O)NCCN2CCN(c3ccc(F)cc3)CC2)cc(OC)c1OC. The van der Waals surface area contributed by atoms with Crippen LogP contribution in [-0.2, 0) is 0 Å². The fraction of sp³-hybridized carbons (Fsp3) is 0.409. The number of nitrogens with one attached hydrogen (secondary N) is 1. The fourth-order valence-corrected chi connectivity index (χ4v) is 3.52. The van der Waals surface area contributed by atoms with E-state index >= 15 is 0 Å². The lowest BCUT2D eigenvalue weighted by molar-refractivity contribution is 0.0947. The lowest BCUT2D eigenvalue weighted by Gasteiger charge is -2.36. The Balaban J connectivity index is 1.49. The predicted molar refractivity (Wildman–Crippen MR) is 113 cm³/mol.